The van der Waals surface area contributed by atoms with E-state index < -0.39 is 45.1 Å². The number of carbonyl (C=O) groups is 1. The first-order chi connectivity index (χ1) is 7.19. The second kappa shape index (κ2) is 9.15. The van der Waals surface area contributed by atoms with E-state index in [9.17, 15) is 19.1 Å². The van der Waals surface area contributed by atoms with E-state index in [4.69, 9.17) is 20.4 Å². The molecule has 0 fully saturated rings. The molecule has 0 aliphatic rings. The van der Waals surface area contributed by atoms with Gasteiger partial charge in [-0.15, -0.1) is 0 Å². The molecule has 0 heterocycles. The third kappa shape index (κ3) is 8.83. The Hall–Kier alpha value is 1.19. The van der Waals surface area contributed by atoms with Crippen LogP contribution in [-0.4, -0.2) is 107 Å². The van der Waals surface area contributed by atoms with Gasteiger partial charge < -0.3 is 39.3 Å². The van der Waals surface area contributed by atoms with Crippen LogP contribution in [0.4, 0.5) is 0 Å². The fourth-order valence-electron chi connectivity index (χ4n) is 0.737. The van der Waals surface area contributed by atoms with Gasteiger partial charge in [0.2, 0.25) is 0 Å². The molecule has 11 heteroatoms. The van der Waals surface area contributed by atoms with Crippen molar-refractivity contribution in [2.24, 2.45) is 0 Å². The van der Waals surface area contributed by atoms with Crippen LogP contribution in [0.1, 0.15) is 0 Å². The Morgan fingerprint density at radius 2 is 1.76 bits per heavy atom. The van der Waals surface area contributed by atoms with E-state index in [1.54, 1.807) is 0 Å². The number of aliphatic hydroxyl groups excluding tert-OH is 4. The molecule has 0 saturated heterocycles. The van der Waals surface area contributed by atoms with Crippen LogP contribution in [0.25, 0.3) is 0 Å². The standard InChI is InChI=1S/C6H13O9P.Ba/c7-1-3(8)5(10)6(11)4(9)2-15-16(12,13)14;/h3,5-8,10-11H,1-2H2,(H2,12,13,14);/q;+2/p-2/t3-,5-,6-;/m1./s1. The van der Waals surface area contributed by atoms with Crippen molar-refractivity contribution in [2.75, 3.05) is 13.2 Å². The maximum absolute atomic E-state index is 10.9. The van der Waals surface area contributed by atoms with Crippen LogP contribution < -0.4 is 9.79 Å². The second-order valence-corrected chi connectivity index (χ2v) is 4.02. The summed E-state index contributed by atoms with van der Waals surface area (Å²) in [6.45, 7) is -2.16. The minimum Gasteiger partial charge on any atom is -0.790 e. The molecule has 17 heavy (non-hydrogen) atoms. The third-order valence-electron chi connectivity index (χ3n) is 1.60. The van der Waals surface area contributed by atoms with Crippen molar-refractivity contribution >= 4 is 62.5 Å². The van der Waals surface area contributed by atoms with Crippen LogP contribution in [0, 0.1) is 0 Å². The number of Topliss-reactive ketones (excluding diaryl/α,β-unsaturated/α-hetero) is 1. The summed E-state index contributed by atoms with van der Waals surface area (Å²) in [6, 6.07) is 0. The summed E-state index contributed by atoms with van der Waals surface area (Å²) in [4.78, 5) is 30.9. The van der Waals surface area contributed by atoms with Gasteiger partial charge in [-0.25, -0.2) is 0 Å². The minimum atomic E-state index is -5.35. The van der Waals surface area contributed by atoms with Crippen molar-refractivity contribution in [1.82, 2.24) is 0 Å². The van der Waals surface area contributed by atoms with Gasteiger partial charge in [0.25, 0.3) is 0 Å². The van der Waals surface area contributed by atoms with Crippen LogP contribution in [-0.2, 0) is 13.9 Å². The smallest absolute Gasteiger partial charge is 0.790 e. The summed E-state index contributed by atoms with van der Waals surface area (Å²) in [6.07, 6.45) is -5.93. The molecule has 0 aromatic heterocycles. The van der Waals surface area contributed by atoms with E-state index in [2.05, 4.69) is 4.52 Å². The summed E-state index contributed by atoms with van der Waals surface area (Å²) in [7, 11) is -5.35. The predicted octanol–water partition coefficient (Wildman–Crippen LogP) is -4.90. The average Bonchev–Trinajstić information content (AvgIpc) is 2.21. The van der Waals surface area contributed by atoms with Gasteiger partial charge in [-0.3, -0.25) is 4.79 Å². The summed E-state index contributed by atoms with van der Waals surface area (Å²) < 4.78 is 13.5. The van der Waals surface area contributed by atoms with Crippen LogP contribution in [0.2, 0.25) is 0 Å². The van der Waals surface area contributed by atoms with Gasteiger partial charge >= 0.3 is 48.9 Å². The second-order valence-electron chi connectivity index (χ2n) is 2.87. The fraction of sp³-hybridized carbons (Fsp3) is 0.833. The molecule has 0 aromatic carbocycles. The number of aliphatic hydroxyl groups is 4. The molecule has 0 unspecified atom stereocenters. The SMILES string of the molecule is O=C(COP(=O)([O-])[O-])[C@@H](O)[C@H](O)[C@H](O)CO.[Ba+2]. The van der Waals surface area contributed by atoms with E-state index in [0.29, 0.717) is 0 Å². The van der Waals surface area contributed by atoms with Crippen molar-refractivity contribution in [2.45, 2.75) is 18.3 Å². The van der Waals surface area contributed by atoms with Crippen molar-refractivity contribution in [1.29, 1.82) is 0 Å². The first kappa shape index (κ1) is 20.5. The summed E-state index contributed by atoms with van der Waals surface area (Å²) in [5.74, 6) is -1.31. The number of carbonyl (C=O) groups excluding carboxylic acids is 1. The van der Waals surface area contributed by atoms with Crippen molar-refractivity contribution in [3.63, 3.8) is 0 Å². The third-order valence-corrected chi connectivity index (χ3v) is 2.04. The molecular formula is C6H11BaO9P. The molecule has 3 atom stereocenters. The molecule has 0 radical (unpaired) electrons. The Morgan fingerprint density at radius 1 is 1.29 bits per heavy atom. The molecule has 0 aromatic rings. The number of phosphoric acid groups is 1. The van der Waals surface area contributed by atoms with Gasteiger partial charge in [0.15, 0.2) is 5.78 Å². The molecule has 0 rings (SSSR count). The van der Waals surface area contributed by atoms with Crippen molar-refractivity contribution in [3.05, 3.63) is 0 Å². The minimum absolute atomic E-state index is 0. The number of rotatable bonds is 7. The fourth-order valence-corrected chi connectivity index (χ4v) is 1.02. The Balaban J connectivity index is 0. The van der Waals surface area contributed by atoms with Crippen LogP contribution in [0.15, 0.2) is 0 Å². The maximum Gasteiger partial charge on any atom is 2.00 e. The van der Waals surface area contributed by atoms with E-state index in [1.807, 2.05) is 0 Å². The van der Waals surface area contributed by atoms with E-state index in [-0.39, 0.29) is 48.9 Å². The summed E-state index contributed by atoms with van der Waals surface area (Å²) >= 11 is 0. The first-order valence-corrected chi connectivity index (χ1v) is 5.49. The largest absolute Gasteiger partial charge is 2.00 e. The van der Waals surface area contributed by atoms with Gasteiger partial charge in [0.1, 0.15) is 24.9 Å². The maximum atomic E-state index is 10.9. The van der Waals surface area contributed by atoms with Crippen molar-refractivity contribution < 1.29 is 44.1 Å². The number of hydrogen-bond acceptors (Lipinski definition) is 9. The van der Waals surface area contributed by atoms with E-state index in [0.717, 1.165) is 0 Å². The average molecular weight is 395 g/mol. The van der Waals surface area contributed by atoms with Gasteiger partial charge in [-0.05, 0) is 0 Å². The topological polar surface area (TPSA) is 170 Å². The Kier molecular flexibility index (Phi) is 11.0. The number of ketones is 1. The van der Waals surface area contributed by atoms with Gasteiger partial charge in [0.05, 0.1) is 14.4 Å². The molecule has 0 saturated carbocycles. The number of hydrogen-bond donors (Lipinski definition) is 4. The summed E-state index contributed by atoms with van der Waals surface area (Å²) in [5.41, 5.74) is 0. The Bertz CT molecular complexity index is 279. The normalized spacial score (nSPS) is 16.8. The monoisotopic (exact) mass is 396 g/mol. The van der Waals surface area contributed by atoms with E-state index in [1.165, 1.54) is 0 Å². The van der Waals surface area contributed by atoms with E-state index >= 15 is 0 Å². The van der Waals surface area contributed by atoms with Gasteiger partial charge in [0, 0.05) is 0 Å². The molecule has 0 aliphatic carbocycles. The predicted molar refractivity (Wildman–Crippen MR) is 49.4 cm³/mol. The molecule has 96 valence electrons. The molecule has 9 nitrogen and oxygen atoms in total. The molecule has 0 spiro atoms. The zero-order chi connectivity index (χ0) is 12.9. The zero-order valence-corrected chi connectivity index (χ0v) is 14.0. The Morgan fingerprint density at radius 3 is 2.12 bits per heavy atom. The van der Waals surface area contributed by atoms with Crippen LogP contribution in [0.5, 0.6) is 0 Å². The molecular weight excluding hydrogens is 384 g/mol. The molecule has 0 aliphatic heterocycles. The summed E-state index contributed by atoms with van der Waals surface area (Å²) in [5, 5.41) is 35.3. The van der Waals surface area contributed by atoms with Crippen LogP contribution >= 0.6 is 7.82 Å². The molecule has 4 N–H and O–H groups in total. The first-order valence-electron chi connectivity index (χ1n) is 4.03. The quantitative estimate of drug-likeness (QED) is 0.244. The Labute approximate surface area is 137 Å². The van der Waals surface area contributed by atoms with Gasteiger partial charge in [-0.2, -0.15) is 0 Å². The van der Waals surface area contributed by atoms with Crippen molar-refractivity contribution in [3.8, 4) is 0 Å². The van der Waals surface area contributed by atoms with Crippen LogP contribution in [0.3, 0.4) is 0 Å². The van der Waals surface area contributed by atoms with Gasteiger partial charge in [-0.1, -0.05) is 0 Å². The number of phosphoric ester groups is 1. The molecule has 0 bridgehead atoms. The zero-order valence-electron chi connectivity index (χ0n) is 8.63. The molecule has 0 amide bonds.